The van der Waals surface area contributed by atoms with Gasteiger partial charge in [0.15, 0.2) is 9.84 Å². The van der Waals surface area contributed by atoms with Crippen LogP contribution in [0.15, 0.2) is 22.0 Å². The lowest BCUT2D eigenvalue weighted by atomic mass is 10.3. The van der Waals surface area contributed by atoms with Crippen molar-refractivity contribution >= 4 is 15.8 Å². The average Bonchev–Trinajstić information content (AvgIpc) is 2.26. The molecule has 0 atom stereocenters. The monoisotopic (exact) mass is 261 g/mol. The Bertz CT molecular complexity index is 573. The molecule has 2 N–H and O–H groups in total. The van der Waals surface area contributed by atoms with E-state index < -0.39 is 26.9 Å². The lowest BCUT2D eigenvalue weighted by Crippen LogP contribution is -2.20. The fourth-order valence-corrected chi connectivity index (χ4v) is 2.27. The number of rotatable bonds is 5. The van der Waals surface area contributed by atoms with Crippen molar-refractivity contribution in [2.45, 2.75) is 4.90 Å². The second kappa shape index (κ2) is 5.11. The first kappa shape index (κ1) is 13.4. The first-order valence-corrected chi connectivity index (χ1v) is 6.21. The molecule has 8 heteroatoms. The van der Waals surface area contributed by atoms with E-state index in [0.717, 1.165) is 12.3 Å². The van der Waals surface area contributed by atoms with E-state index in [1.165, 1.54) is 7.11 Å². The third kappa shape index (κ3) is 3.14. The van der Waals surface area contributed by atoms with E-state index >= 15 is 0 Å². The molecule has 0 aliphatic heterocycles. The summed E-state index contributed by atoms with van der Waals surface area (Å²) in [5, 5.41) is 8.69. The van der Waals surface area contributed by atoms with Gasteiger partial charge >= 0.3 is 5.97 Å². The number of H-pyrrole nitrogens is 1. The van der Waals surface area contributed by atoms with Crippen molar-refractivity contribution in [2.24, 2.45) is 0 Å². The minimum Gasteiger partial charge on any atom is -0.477 e. The molecular formula is C9H11NO6S. The van der Waals surface area contributed by atoms with E-state index in [9.17, 15) is 18.0 Å². The molecule has 0 aliphatic carbocycles. The first-order valence-electron chi connectivity index (χ1n) is 4.56. The number of ether oxygens (including phenoxy) is 1. The number of hydrogen-bond acceptors (Lipinski definition) is 5. The molecule has 1 rings (SSSR count). The van der Waals surface area contributed by atoms with Crippen LogP contribution in [-0.2, 0) is 14.6 Å². The van der Waals surface area contributed by atoms with Gasteiger partial charge in [-0.2, -0.15) is 0 Å². The van der Waals surface area contributed by atoms with Gasteiger partial charge in [0.1, 0.15) is 5.56 Å². The van der Waals surface area contributed by atoms with Crippen LogP contribution in [0.4, 0.5) is 0 Å². The van der Waals surface area contributed by atoms with Gasteiger partial charge in [0.2, 0.25) is 0 Å². The number of methoxy groups -OCH3 is 1. The van der Waals surface area contributed by atoms with Crippen LogP contribution in [0, 0.1) is 0 Å². The molecule has 7 nitrogen and oxygen atoms in total. The molecule has 0 saturated heterocycles. The van der Waals surface area contributed by atoms with Gasteiger partial charge in [-0.3, -0.25) is 4.79 Å². The Morgan fingerprint density at radius 3 is 2.71 bits per heavy atom. The highest BCUT2D eigenvalue weighted by molar-refractivity contribution is 7.91. The molecule has 94 valence electrons. The minimum absolute atomic E-state index is 0.0101. The van der Waals surface area contributed by atoms with E-state index in [4.69, 9.17) is 5.11 Å². The van der Waals surface area contributed by atoms with Crippen molar-refractivity contribution in [3.05, 3.63) is 28.2 Å². The molecule has 0 aliphatic rings. The number of pyridine rings is 1. The molecule has 0 bridgehead atoms. The third-order valence-corrected chi connectivity index (χ3v) is 3.68. The van der Waals surface area contributed by atoms with Crippen LogP contribution in [-0.4, -0.2) is 43.9 Å². The van der Waals surface area contributed by atoms with Crippen LogP contribution in [0.25, 0.3) is 0 Å². The largest absolute Gasteiger partial charge is 0.477 e. The highest BCUT2D eigenvalue weighted by atomic mass is 32.2. The summed E-state index contributed by atoms with van der Waals surface area (Å²) in [4.78, 5) is 23.6. The van der Waals surface area contributed by atoms with Crippen LogP contribution in [0.5, 0.6) is 0 Å². The highest BCUT2D eigenvalue weighted by Gasteiger charge is 2.18. The van der Waals surface area contributed by atoms with E-state index in [1.54, 1.807) is 0 Å². The number of aromatic carboxylic acids is 1. The molecule has 0 saturated carbocycles. The summed E-state index contributed by atoms with van der Waals surface area (Å²) in [5.41, 5.74) is -1.45. The Balaban J connectivity index is 3.20. The molecule has 1 aromatic heterocycles. The molecule has 1 aromatic rings. The fourth-order valence-electron chi connectivity index (χ4n) is 1.11. The Labute approximate surface area is 97.0 Å². The Morgan fingerprint density at radius 1 is 1.53 bits per heavy atom. The van der Waals surface area contributed by atoms with Crippen molar-refractivity contribution < 1.29 is 23.1 Å². The predicted octanol–water partition coefficient (Wildman–Crippen LogP) is -0.507. The smallest absolute Gasteiger partial charge is 0.341 e. The van der Waals surface area contributed by atoms with Crippen molar-refractivity contribution in [1.29, 1.82) is 0 Å². The molecular weight excluding hydrogens is 250 g/mol. The van der Waals surface area contributed by atoms with Crippen molar-refractivity contribution in [3.63, 3.8) is 0 Å². The Hall–Kier alpha value is -1.67. The highest BCUT2D eigenvalue weighted by Crippen LogP contribution is 2.09. The van der Waals surface area contributed by atoms with Crippen molar-refractivity contribution in [1.82, 2.24) is 4.98 Å². The maximum absolute atomic E-state index is 11.7. The summed E-state index contributed by atoms with van der Waals surface area (Å²) in [6.45, 7) is -0.0101. The predicted molar refractivity (Wildman–Crippen MR) is 58.0 cm³/mol. The van der Waals surface area contributed by atoms with E-state index in [2.05, 4.69) is 9.72 Å². The minimum atomic E-state index is -3.65. The molecule has 0 amide bonds. The quantitative estimate of drug-likeness (QED) is 0.738. The summed E-state index contributed by atoms with van der Waals surface area (Å²) in [5.74, 6) is -1.76. The second-order valence-corrected chi connectivity index (χ2v) is 5.30. The number of aromatic amines is 1. The standard InChI is InChI=1S/C9H11NO6S/c1-16-2-3-17(14,15)6-4-7(9(12)13)8(11)10-5-6/h4-5H,2-3H2,1H3,(H,10,11)(H,12,13). The van der Waals surface area contributed by atoms with Gasteiger partial charge in [0, 0.05) is 13.3 Å². The second-order valence-electron chi connectivity index (χ2n) is 3.20. The Morgan fingerprint density at radius 2 is 2.18 bits per heavy atom. The van der Waals surface area contributed by atoms with Gasteiger partial charge in [0.25, 0.3) is 5.56 Å². The van der Waals surface area contributed by atoms with Crippen molar-refractivity contribution in [3.8, 4) is 0 Å². The lowest BCUT2D eigenvalue weighted by Gasteiger charge is -2.04. The number of hydrogen-bond donors (Lipinski definition) is 2. The maximum Gasteiger partial charge on any atom is 0.341 e. The van der Waals surface area contributed by atoms with Gasteiger partial charge in [-0.05, 0) is 6.07 Å². The zero-order valence-electron chi connectivity index (χ0n) is 8.97. The number of carbonyl (C=O) groups is 1. The summed E-state index contributed by atoms with van der Waals surface area (Å²) < 4.78 is 28.0. The molecule has 0 spiro atoms. The van der Waals surface area contributed by atoms with Crippen LogP contribution < -0.4 is 5.56 Å². The number of nitrogens with one attached hydrogen (secondary N) is 1. The van der Waals surface area contributed by atoms with Crippen LogP contribution >= 0.6 is 0 Å². The summed E-state index contributed by atoms with van der Waals surface area (Å²) in [6.07, 6.45) is 0.972. The zero-order chi connectivity index (χ0) is 13.1. The summed E-state index contributed by atoms with van der Waals surface area (Å²) >= 11 is 0. The molecule has 1 heterocycles. The summed E-state index contributed by atoms with van der Waals surface area (Å²) in [6, 6.07) is 0.839. The van der Waals surface area contributed by atoms with Gasteiger partial charge in [-0.25, -0.2) is 13.2 Å². The third-order valence-electron chi connectivity index (χ3n) is 2.02. The fraction of sp³-hybridized carbons (Fsp3) is 0.333. The number of sulfone groups is 1. The molecule has 0 fully saturated rings. The number of carboxylic acids is 1. The van der Waals surface area contributed by atoms with Gasteiger partial charge < -0.3 is 14.8 Å². The zero-order valence-corrected chi connectivity index (χ0v) is 9.78. The number of carboxylic acid groups (broad SMARTS) is 1. The molecule has 0 aromatic carbocycles. The molecule has 0 unspecified atom stereocenters. The van der Waals surface area contributed by atoms with Gasteiger partial charge in [-0.15, -0.1) is 0 Å². The first-order chi connectivity index (χ1) is 7.88. The molecule has 0 radical (unpaired) electrons. The van der Waals surface area contributed by atoms with Crippen LogP contribution in [0.3, 0.4) is 0 Å². The SMILES string of the molecule is COCCS(=O)(=O)c1c[nH]c(=O)c(C(=O)O)c1. The Kier molecular flexibility index (Phi) is 4.02. The van der Waals surface area contributed by atoms with Crippen molar-refractivity contribution in [2.75, 3.05) is 19.5 Å². The van der Waals surface area contributed by atoms with E-state index in [0.29, 0.717) is 0 Å². The van der Waals surface area contributed by atoms with Gasteiger partial charge in [-0.1, -0.05) is 0 Å². The lowest BCUT2D eigenvalue weighted by molar-refractivity contribution is 0.0694. The van der Waals surface area contributed by atoms with E-state index in [-0.39, 0.29) is 17.3 Å². The van der Waals surface area contributed by atoms with Crippen LogP contribution in [0.1, 0.15) is 10.4 Å². The molecule has 17 heavy (non-hydrogen) atoms. The number of aromatic nitrogens is 1. The summed E-state index contributed by atoms with van der Waals surface area (Å²) in [7, 11) is -2.30. The normalized spacial score (nSPS) is 11.4. The average molecular weight is 261 g/mol. The van der Waals surface area contributed by atoms with E-state index in [1.807, 2.05) is 0 Å². The maximum atomic E-state index is 11.7. The van der Waals surface area contributed by atoms with Crippen LogP contribution in [0.2, 0.25) is 0 Å². The van der Waals surface area contributed by atoms with Gasteiger partial charge in [0.05, 0.1) is 17.3 Å². The topological polar surface area (TPSA) is 114 Å².